The van der Waals surface area contributed by atoms with Crippen molar-refractivity contribution in [2.24, 2.45) is 0 Å². The first-order valence-corrected chi connectivity index (χ1v) is 7.34. The molecule has 1 atom stereocenters. The van der Waals surface area contributed by atoms with Crippen molar-refractivity contribution < 1.29 is 22.2 Å². The zero-order valence-corrected chi connectivity index (χ0v) is 11.6. The summed E-state index contributed by atoms with van der Waals surface area (Å²) >= 11 is 0. The molecule has 0 saturated heterocycles. The molecule has 0 aliphatic carbocycles. The monoisotopic (exact) mass is 312 g/mol. The van der Waals surface area contributed by atoms with E-state index in [0.717, 1.165) is 12.1 Å². The maximum atomic E-state index is 12.8. The van der Waals surface area contributed by atoms with E-state index in [1.54, 1.807) is 30.3 Å². The van der Waals surface area contributed by atoms with Crippen LogP contribution >= 0.6 is 0 Å². The van der Waals surface area contributed by atoms with E-state index in [4.69, 9.17) is 0 Å². The molecule has 0 saturated carbocycles. The van der Waals surface area contributed by atoms with Crippen LogP contribution < -0.4 is 0 Å². The number of carbonyl (C=O) groups is 1. The fourth-order valence-electron chi connectivity index (χ4n) is 1.83. The van der Waals surface area contributed by atoms with Crippen LogP contribution in [0.4, 0.5) is 13.2 Å². The first kappa shape index (κ1) is 15.4. The van der Waals surface area contributed by atoms with Crippen LogP contribution in [-0.4, -0.2) is 15.7 Å². The van der Waals surface area contributed by atoms with Gasteiger partial charge in [0.1, 0.15) is 0 Å². The number of benzene rings is 2. The van der Waals surface area contributed by atoms with Crippen molar-refractivity contribution in [3.63, 3.8) is 0 Å². The topological polar surface area (TPSA) is 34.1 Å². The lowest BCUT2D eigenvalue weighted by molar-refractivity contribution is -0.137. The van der Waals surface area contributed by atoms with Crippen molar-refractivity contribution in [1.82, 2.24) is 0 Å². The Bertz CT molecular complexity index is 666. The Morgan fingerprint density at radius 3 is 2.14 bits per heavy atom. The molecule has 1 unspecified atom stereocenters. The Hall–Kier alpha value is -1.95. The second-order valence-corrected chi connectivity index (χ2v) is 5.72. The molecule has 0 aliphatic heterocycles. The molecule has 0 N–H and O–H groups in total. The molecular weight excluding hydrogens is 301 g/mol. The van der Waals surface area contributed by atoms with Gasteiger partial charge in [0.2, 0.25) is 0 Å². The van der Waals surface area contributed by atoms with E-state index in [1.807, 2.05) is 0 Å². The molecule has 0 bridgehead atoms. The third kappa shape index (κ3) is 3.78. The van der Waals surface area contributed by atoms with Crippen molar-refractivity contribution in [2.45, 2.75) is 11.1 Å². The summed E-state index contributed by atoms with van der Waals surface area (Å²) in [6, 6.07) is 12.7. The molecule has 0 heterocycles. The predicted octanol–water partition coefficient (Wildman–Crippen LogP) is 3.70. The van der Waals surface area contributed by atoms with Gasteiger partial charge in [-0.3, -0.25) is 9.00 Å². The number of carbonyl (C=O) groups excluding carboxylic acids is 1. The van der Waals surface area contributed by atoms with Gasteiger partial charge < -0.3 is 0 Å². The summed E-state index contributed by atoms with van der Waals surface area (Å²) in [7, 11) is -1.67. The van der Waals surface area contributed by atoms with Gasteiger partial charge in [-0.2, -0.15) is 13.2 Å². The maximum Gasteiger partial charge on any atom is 0.417 e. The van der Waals surface area contributed by atoms with E-state index >= 15 is 0 Å². The van der Waals surface area contributed by atoms with Gasteiger partial charge in [0.15, 0.2) is 5.78 Å². The summed E-state index contributed by atoms with van der Waals surface area (Å²) in [5.41, 5.74) is -1.45. The number of halogens is 3. The van der Waals surface area contributed by atoms with Gasteiger partial charge >= 0.3 is 6.18 Å². The largest absolute Gasteiger partial charge is 0.417 e. The number of Topliss-reactive ketones (excluding diaryl/α,β-unsaturated/α-hetero) is 1. The van der Waals surface area contributed by atoms with E-state index in [1.165, 1.54) is 12.1 Å². The van der Waals surface area contributed by atoms with Gasteiger partial charge in [-0.05, 0) is 18.2 Å². The van der Waals surface area contributed by atoms with Gasteiger partial charge in [-0.25, -0.2) is 0 Å². The summed E-state index contributed by atoms with van der Waals surface area (Å²) < 4.78 is 50.5. The highest BCUT2D eigenvalue weighted by Gasteiger charge is 2.34. The van der Waals surface area contributed by atoms with Crippen LogP contribution in [0, 0.1) is 0 Å². The van der Waals surface area contributed by atoms with Gasteiger partial charge in [0.05, 0.1) is 22.1 Å². The quantitative estimate of drug-likeness (QED) is 0.807. The standard InChI is InChI=1S/C15H11F3O2S/c16-15(17,18)13-9-5-4-8-12(13)14(19)10-21(20)11-6-2-1-3-7-11/h1-9H,10H2. The zero-order chi connectivity index (χ0) is 15.5. The second kappa shape index (κ2) is 6.22. The average Bonchev–Trinajstić information content (AvgIpc) is 2.47. The summed E-state index contributed by atoms with van der Waals surface area (Å²) in [6.45, 7) is 0. The Morgan fingerprint density at radius 2 is 1.52 bits per heavy atom. The molecule has 0 aromatic heterocycles. The van der Waals surface area contributed by atoms with Crippen molar-refractivity contribution in [3.8, 4) is 0 Å². The Labute approximate surface area is 122 Å². The van der Waals surface area contributed by atoms with Crippen molar-refractivity contribution >= 4 is 16.6 Å². The van der Waals surface area contributed by atoms with Crippen LogP contribution in [0.1, 0.15) is 15.9 Å². The highest BCUT2D eigenvalue weighted by atomic mass is 32.2. The first-order chi connectivity index (χ1) is 9.89. The fraction of sp³-hybridized carbons (Fsp3) is 0.133. The highest BCUT2D eigenvalue weighted by Crippen LogP contribution is 2.32. The van der Waals surface area contributed by atoms with Crippen molar-refractivity contribution in [1.29, 1.82) is 0 Å². The molecule has 110 valence electrons. The van der Waals surface area contributed by atoms with Gasteiger partial charge in [-0.15, -0.1) is 0 Å². The number of alkyl halides is 3. The summed E-state index contributed by atoms with van der Waals surface area (Å²) in [5, 5.41) is 0. The van der Waals surface area contributed by atoms with Gasteiger partial charge in [0.25, 0.3) is 0 Å². The van der Waals surface area contributed by atoms with Crippen LogP contribution in [0.2, 0.25) is 0 Å². The van der Waals surface area contributed by atoms with Crippen molar-refractivity contribution in [3.05, 3.63) is 65.7 Å². The van der Waals surface area contributed by atoms with E-state index in [0.29, 0.717) is 4.90 Å². The first-order valence-electron chi connectivity index (χ1n) is 6.02. The maximum absolute atomic E-state index is 12.8. The van der Waals surface area contributed by atoms with Crippen LogP contribution in [-0.2, 0) is 17.0 Å². The fourth-order valence-corrected chi connectivity index (χ4v) is 2.85. The Balaban J connectivity index is 2.24. The lowest BCUT2D eigenvalue weighted by Crippen LogP contribution is -2.17. The molecule has 0 spiro atoms. The summed E-state index contributed by atoms with van der Waals surface area (Å²) in [5.74, 6) is -1.26. The number of hydrogen-bond acceptors (Lipinski definition) is 2. The van der Waals surface area contributed by atoms with Crippen LogP contribution in [0.25, 0.3) is 0 Å². The minimum absolute atomic E-state index is 0.412. The molecule has 21 heavy (non-hydrogen) atoms. The molecule has 6 heteroatoms. The molecule has 0 fully saturated rings. The van der Waals surface area contributed by atoms with E-state index in [9.17, 15) is 22.2 Å². The SMILES string of the molecule is O=C(CS(=O)c1ccccc1)c1ccccc1C(F)(F)F. The van der Waals surface area contributed by atoms with E-state index in [2.05, 4.69) is 0 Å². The third-order valence-electron chi connectivity index (χ3n) is 2.80. The third-order valence-corrected chi connectivity index (χ3v) is 4.12. The molecule has 2 aromatic carbocycles. The molecular formula is C15H11F3O2S. The molecule has 0 aliphatic rings. The molecule has 2 aromatic rings. The van der Waals surface area contributed by atoms with Gasteiger partial charge in [-0.1, -0.05) is 36.4 Å². The summed E-state index contributed by atoms with van der Waals surface area (Å²) in [6.07, 6.45) is -4.61. The normalized spacial score (nSPS) is 12.9. The zero-order valence-electron chi connectivity index (χ0n) is 10.8. The van der Waals surface area contributed by atoms with Crippen LogP contribution in [0.3, 0.4) is 0 Å². The molecule has 2 rings (SSSR count). The Kier molecular flexibility index (Phi) is 4.57. The van der Waals surface area contributed by atoms with E-state index in [-0.39, 0.29) is 0 Å². The number of rotatable bonds is 4. The average molecular weight is 312 g/mol. The van der Waals surface area contributed by atoms with Crippen LogP contribution in [0.15, 0.2) is 59.5 Å². The van der Waals surface area contributed by atoms with Crippen molar-refractivity contribution in [2.75, 3.05) is 5.75 Å². The minimum atomic E-state index is -4.61. The molecule has 0 radical (unpaired) electrons. The molecule has 0 amide bonds. The number of ketones is 1. The smallest absolute Gasteiger partial charge is 0.293 e. The van der Waals surface area contributed by atoms with Crippen LogP contribution in [0.5, 0.6) is 0 Å². The Morgan fingerprint density at radius 1 is 0.952 bits per heavy atom. The lowest BCUT2D eigenvalue weighted by atomic mass is 10.0. The van der Waals surface area contributed by atoms with Gasteiger partial charge in [0, 0.05) is 10.5 Å². The highest BCUT2D eigenvalue weighted by molar-refractivity contribution is 7.85. The summed E-state index contributed by atoms with van der Waals surface area (Å²) in [4.78, 5) is 12.4. The lowest BCUT2D eigenvalue weighted by Gasteiger charge is -2.11. The predicted molar refractivity (Wildman–Crippen MR) is 73.5 cm³/mol. The second-order valence-electron chi connectivity index (χ2n) is 4.27. The number of hydrogen-bond donors (Lipinski definition) is 0. The molecule has 2 nitrogen and oxygen atoms in total. The van der Waals surface area contributed by atoms with E-state index < -0.39 is 39.6 Å². The minimum Gasteiger partial charge on any atom is -0.293 e.